The fourth-order valence-corrected chi connectivity index (χ4v) is 2.27. The van der Waals surface area contributed by atoms with Gasteiger partial charge in [-0.15, -0.1) is 0 Å². The molecule has 0 aliphatic rings. The van der Waals surface area contributed by atoms with Crippen LogP contribution in [0.5, 0.6) is 5.75 Å². The Morgan fingerprint density at radius 3 is 2.54 bits per heavy atom. The predicted molar refractivity (Wildman–Crippen MR) is 102 cm³/mol. The number of nitrogens with zero attached hydrogens (tertiary/aromatic N) is 1. The summed E-state index contributed by atoms with van der Waals surface area (Å²) in [5, 5.41) is 6.32. The maximum absolute atomic E-state index is 13.6. The number of rotatable bonds is 9. The number of hydrogen-bond donors (Lipinski definition) is 2. The van der Waals surface area contributed by atoms with Crippen LogP contribution in [0.25, 0.3) is 0 Å². The van der Waals surface area contributed by atoms with E-state index in [2.05, 4.69) is 15.6 Å². The fourth-order valence-electron chi connectivity index (χ4n) is 2.27. The number of benzene rings is 2. The molecular weight excluding hydrogens is 333 g/mol. The Labute approximate surface area is 154 Å². The lowest BCUT2D eigenvalue weighted by atomic mass is 10.2. The molecule has 6 heteroatoms. The van der Waals surface area contributed by atoms with Crippen molar-refractivity contribution in [3.63, 3.8) is 0 Å². The molecule has 0 aromatic heterocycles. The van der Waals surface area contributed by atoms with Gasteiger partial charge in [-0.2, -0.15) is 0 Å². The molecule has 1 atom stereocenters. The maximum atomic E-state index is 13.6. The van der Waals surface area contributed by atoms with E-state index in [0.29, 0.717) is 32.3 Å². The lowest BCUT2D eigenvalue weighted by Crippen LogP contribution is -2.42. The molecule has 0 bridgehead atoms. The number of para-hydroxylation sites is 1. The quantitative estimate of drug-likeness (QED) is 0.411. The van der Waals surface area contributed by atoms with Gasteiger partial charge in [0, 0.05) is 13.6 Å². The van der Waals surface area contributed by atoms with Crippen molar-refractivity contribution < 1.29 is 13.9 Å². The average Bonchev–Trinajstić information content (AvgIpc) is 2.66. The van der Waals surface area contributed by atoms with Crippen LogP contribution >= 0.6 is 0 Å². The zero-order chi connectivity index (χ0) is 18.6. The van der Waals surface area contributed by atoms with E-state index < -0.39 is 0 Å². The second-order valence-electron chi connectivity index (χ2n) is 5.78. The van der Waals surface area contributed by atoms with Gasteiger partial charge < -0.3 is 20.1 Å². The normalized spacial score (nSPS) is 12.5. The summed E-state index contributed by atoms with van der Waals surface area (Å²) in [6.07, 6.45) is -0.209. The zero-order valence-corrected chi connectivity index (χ0v) is 15.2. The Bertz CT molecular complexity index is 680. The highest BCUT2D eigenvalue weighted by molar-refractivity contribution is 5.79. The van der Waals surface area contributed by atoms with Gasteiger partial charge in [0.05, 0.1) is 19.8 Å². The molecule has 0 fully saturated rings. The summed E-state index contributed by atoms with van der Waals surface area (Å²) in [4.78, 5) is 4.15. The lowest BCUT2D eigenvalue weighted by molar-refractivity contribution is 0.125. The van der Waals surface area contributed by atoms with Gasteiger partial charge in [0.2, 0.25) is 0 Å². The Hall–Kier alpha value is -2.60. The summed E-state index contributed by atoms with van der Waals surface area (Å²) >= 11 is 0. The predicted octanol–water partition coefficient (Wildman–Crippen LogP) is 2.97. The highest BCUT2D eigenvalue weighted by atomic mass is 19.1. The van der Waals surface area contributed by atoms with E-state index >= 15 is 0 Å². The third-order valence-electron chi connectivity index (χ3n) is 3.60. The highest BCUT2D eigenvalue weighted by Crippen LogP contribution is 2.16. The van der Waals surface area contributed by atoms with Crippen LogP contribution < -0.4 is 15.4 Å². The van der Waals surface area contributed by atoms with Crippen LogP contribution in [0.3, 0.4) is 0 Å². The van der Waals surface area contributed by atoms with Crippen molar-refractivity contribution in [2.45, 2.75) is 19.6 Å². The van der Waals surface area contributed by atoms with Crippen LogP contribution in [0.15, 0.2) is 59.6 Å². The SMILES string of the molecule is CN=C(NCCOCc1ccccc1)NCC(C)Oc1ccccc1F. The smallest absolute Gasteiger partial charge is 0.191 e. The summed E-state index contributed by atoms with van der Waals surface area (Å²) in [5.74, 6) is 0.536. The summed E-state index contributed by atoms with van der Waals surface area (Å²) < 4.78 is 24.8. The first-order chi connectivity index (χ1) is 12.7. The monoisotopic (exact) mass is 359 g/mol. The second-order valence-corrected chi connectivity index (χ2v) is 5.78. The molecule has 5 nitrogen and oxygen atoms in total. The van der Waals surface area contributed by atoms with Crippen LogP contribution in [0.4, 0.5) is 4.39 Å². The largest absolute Gasteiger partial charge is 0.486 e. The minimum absolute atomic E-state index is 0.209. The molecule has 2 rings (SSSR count). The summed E-state index contributed by atoms with van der Waals surface area (Å²) in [6, 6.07) is 16.4. The fraction of sp³-hybridized carbons (Fsp3) is 0.350. The molecule has 140 valence electrons. The van der Waals surface area contributed by atoms with Crippen LogP contribution in [0.2, 0.25) is 0 Å². The summed E-state index contributed by atoms with van der Waals surface area (Å²) in [7, 11) is 1.70. The minimum Gasteiger partial charge on any atom is -0.486 e. The third kappa shape index (κ3) is 7.11. The van der Waals surface area contributed by atoms with Gasteiger partial charge in [-0.1, -0.05) is 42.5 Å². The molecule has 0 heterocycles. The summed E-state index contributed by atoms with van der Waals surface area (Å²) in [5.41, 5.74) is 1.15. The standard InChI is InChI=1S/C20H26FN3O2/c1-16(26-19-11-7-6-10-18(19)21)14-24-20(22-2)23-12-13-25-15-17-8-4-3-5-9-17/h3-11,16H,12-15H2,1-2H3,(H2,22,23,24). The van der Waals surface area contributed by atoms with E-state index in [1.54, 1.807) is 25.2 Å². The van der Waals surface area contributed by atoms with Crippen molar-refractivity contribution in [1.29, 1.82) is 0 Å². The number of halogens is 1. The lowest BCUT2D eigenvalue weighted by Gasteiger charge is -2.18. The van der Waals surface area contributed by atoms with Gasteiger partial charge >= 0.3 is 0 Å². The van der Waals surface area contributed by atoms with Gasteiger partial charge in [0.1, 0.15) is 6.10 Å². The van der Waals surface area contributed by atoms with Gasteiger partial charge in [-0.3, -0.25) is 4.99 Å². The van der Waals surface area contributed by atoms with E-state index in [1.807, 2.05) is 37.3 Å². The molecule has 0 radical (unpaired) electrons. The first-order valence-corrected chi connectivity index (χ1v) is 8.66. The molecule has 1 unspecified atom stereocenters. The van der Waals surface area contributed by atoms with E-state index in [0.717, 1.165) is 5.56 Å². The van der Waals surface area contributed by atoms with E-state index in [9.17, 15) is 4.39 Å². The van der Waals surface area contributed by atoms with E-state index in [-0.39, 0.29) is 17.7 Å². The van der Waals surface area contributed by atoms with Gasteiger partial charge in [-0.25, -0.2) is 4.39 Å². The van der Waals surface area contributed by atoms with Crippen LogP contribution in [-0.2, 0) is 11.3 Å². The molecule has 26 heavy (non-hydrogen) atoms. The topological polar surface area (TPSA) is 54.9 Å². The number of ether oxygens (including phenoxy) is 2. The molecule has 0 saturated heterocycles. The summed E-state index contributed by atoms with van der Waals surface area (Å²) in [6.45, 7) is 4.16. The number of hydrogen-bond acceptors (Lipinski definition) is 3. The zero-order valence-electron chi connectivity index (χ0n) is 15.2. The van der Waals surface area contributed by atoms with E-state index in [4.69, 9.17) is 9.47 Å². The molecular formula is C20H26FN3O2. The van der Waals surface area contributed by atoms with Crippen molar-refractivity contribution in [3.05, 3.63) is 66.0 Å². The molecule has 0 saturated carbocycles. The van der Waals surface area contributed by atoms with Crippen molar-refractivity contribution in [3.8, 4) is 5.75 Å². The van der Waals surface area contributed by atoms with Gasteiger partial charge in [0.25, 0.3) is 0 Å². The van der Waals surface area contributed by atoms with Crippen molar-refractivity contribution in [1.82, 2.24) is 10.6 Å². The molecule has 2 aromatic carbocycles. The molecule has 0 spiro atoms. The first kappa shape index (κ1) is 19.7. The van der Waals surface area contributed by atoms with Crippen LogP contribution in [0, 0.1) is 5.82 Å². The van der Waals surface area contributed by atoms with E-state index in [1.165, 1.54) is 6.07 Å². The average molecular weight is 359 g/mol. The Morgan fingerprint density at radius 1 is 1.08 bits per heavy atom. The highest BCUT2D eigenvalue weighted by Gasteiger charge is 2.08. The molecule has 2 aromatic rings. The Kier molecular flexibility index (Phi) is 8.42. The van der Waals surface area contributed by atoms with Gasteiger partial charge in [-0.05, 0) is 24.6 Å². The maximum Gasteiger partial charge on any atom is 0.191 e. The molecule has 0 aliphatic heterocycles. The second kappa shape index (κ2) is 11.1. The van der Waals surface area contributed by atoms with Crippen LogP contribution in [-0.4, -0.2) is 38.8 Å². The van der Waals surface area contributed by atoms with Crippen LogP contribution in [0.1, 0.15) is 12.5 Å². The molecule has 0 aliphatic carbocycles. The third-order valence-corrected chi connectivity index (χ3v) is 3.60. The van der Waals surface area contributed by atoms with Crippen molar-refractivity contribution >= 4 is 5.96 Å². The minimum atomic E-state index is -0.363. The number of guanidine groups is 1. The number of aliphatic imine (C=N–C) groups is 1. The van der Waals surface area contributed by atoms with Crippen molar-refractivity contribution in [2.75, 3.05) is 26.7 Å². The Balaban J connectivity index is 1.62. The van der Waals surface area contributed by atoms with Crippen molar-refractivity contribution in [2.24, 2.45) is 4.99 Å². The Morgan fingerprint density at radius 2 is 1.81 bits per heavy atom. The van der Waals surface area contributed by atoms with Gasteiger partial charge in [0.15, 0.2) is 17.5 Å². The molecule has 0 amide bonds. The number of nitrogens with one attached hydrogen (secondary N) is 2. The molecule has 2 N–H and O–H groups in total. The first-order valence-electron chi connectivity index (χ1n) is 8.66.